The summed E-state index contributed by atoms with van der Waals surface area (Å²) in [5.74, 6) is -0.437. The molecule has 1 aromatic carbocycles. The average Bonchev–Trinajstić information content (AvgIpc) is 3.31. The molecule has 0 heterocycles. The van der Waals surface area contributed by atoms with E-state index in [-0.39, 0.29) is 11.8 Å². The fourth-order valence-corrected chi connectivity index (χ4v) is 2.76. The first kappa shape index (κ1) is 16.1. The number of benzene rings is 1. The average molecular weight is 326 g/mol. The molecule has 2 amide bonds. The first-order valence-electron chi connectivity index (χ1n) is 8.33. The van der Waals surface area contributed by atoms with Gasteiger partial charge in [0.1, 0.15) is 0 Å². The van der Waals surface area contributed by atoms with Crippen molar-refractivity contribution in [2.75, 3.05) is 0 Å². The Morgan fingerprint density at radius 2 is 1.12 bits per heavy atom. The lowest BCUT2D eigenvalue weighted by Gasteiger charge is -2.11. The van der Waals surface area contributed by atoms with Crippen LogP contribution in [0.2, 0.25) is 0 Å². The molecule has 6 heteroatoms. The Kier molecular flexibility index (Phi) is 5.15. The lowest BCUT2D eigenvalue weighted by molar-refractivity contribution is 0.0927. The summed E-state index contributed by atoms with van der Waals surface area (Å²) in [5, 5.41) is 0. The minimum Gasteiger partial charge on any atom is -0.303 e. The summed E-state index contributed by atoms with van der Waals surface area (Å²) >= 11 is 0. The van der Waals surface area contributed by atoms with E-state index in [2.05, 4.69) is 33.9 Å². The van der Waals surface area contributed by atoms with E-state index < -0.39 is 0 Å². The van der Waals surface area contributed by atoms with Crippen LogP contribution in [0.4, 0.5) is 0 Å². The normalized spacial score (nSPS) is 16.2. The Balaban J connectivity index is 1.50. The summed E-state index contributed by atoms with van der Waals surface area (Å²) in [5.41, 5.74) is 14.3. The predicted octanol–water partition coefficient (Wildman–Crippen LogP) is 2.29. The number of hydrogen-bond acceptors (Lipinski definition) is 4. The van der Waals surface area contributed by atoms with Gasteiger partial charge in [0, 0.05) is 22.5 Å². The molecule has 0 unspecified atom stereocenters. The van der Waals surface area contributed by atoms with E-state index in [0.29, 0.717) is 11.1 Å². The lowest BCUT2D eigenvalue weighted by Crippen LogP contribution is -2.37. The van der Waals surface area contributed by atoms with Crippen LogP contribution in [0.15, 0.2) is 47.8 Å². The number of carbonyl (C=O) groups is 2. The Morgan fingerprint density at radius 1 is 0.708 bits per heavy atom. The van der Waals surface area contributed by atoms with Crippen molar-refractivity contribution in [1.82, 2.24) is 21.7 Å². The highest BCUT2D eigenvalue weighted by Crippen LogP contribution is 2.14. The number of hydrogen-bond donors (Lipinski definition) is 4. The molecule has 0 aromatic heterocycles. The van der Waals surface area contributed by atoms with Crippen molar-refractivity contribution in [2.24, 2.45) is 0 Å². The Morgan fingerprint density at radius 3 is 1.46 bits per heavy atom. The van der Waals surface area contributed by atoms with Gasteiger partial charge in [-0.1, -0.05) is 12.2 Å². The number of amides is 2. The summed E-state index contributed by atoms with van der Waals surface area (Å²) in [6.45, 7) is 0. The molecule has 0 spiro atoms. The Labute approximate surface area is 141 Å². The Bertz CT molecular complexity index is 618. The second kappa shape index (κ2) is 7.68. The number of nitrogens with one attached hydrogen (secondary N) is 4. The van der Waals surface area contributed by atoms with E-state index in [1.807, 2.05) is 0 Å². The van der Waals surface area contributed by atoms with Gasteiger partial charge in [-0.05, 0) is 62.8 Å². The van der Waals surface area contributed by atoms with Gasteiger partial charge in [-0.2, -0.15) is 0 Å². The summed E-state index contributed by atoms with van der Waals surface area (Å²) in [6, 6.07) is 6.57. The monoisotopic (exact) mass is 326 g/mol. The van der Waals surface area contributed by atoms with Gasteiger partial charge >= 0.3 is 0 Å². The molecule has 0 saturated heterocycles. The molecule has 0 radical (unpaired) electrons. The van der Waals surface area contributed by atoms with E-state index >= 15 is 0 Å². The maximum absolute atomic E-state index is 12.1. The maximum atomic E-state index is 12.1. The largest absolute Gasteiger partial charge is 0.303 e. The van der Waals surface area contributed by atoms with Crippen LogP contribution in [0.3, 0.4) is 0 Å². The first-order valence-corrected chi connectivity index (χ1v) is 8.33. The van der Waals surface area contributed by atoms with Crippen molar-refractivity contribution < 1.29 is 9.59 Å². The fraction of sp³-hybridized carbons (Fsp3) is 0.333. The highest BCUT2D eigenvalue weighted by atomic mass is 16.2. The molecule has 126 valence electrons. The molecule has 24 heavy (non-hydrogen) atoms. The molecule has 0 fully saturated rings. The van der Waals surface area contributed by atoms with Crippen molar-refractivity contribution in [1.29, 1.82) is 0 Å². The topological polar surface area (TPSA) is 82.3 Å². The molecule has 4 N–H and O–H groups in total. The van der Waals surface area contributed by atoms with Crippen molar-refractivity contribution >= 4 is 11.8 Å². The van der Waals surface area contributed by atoms with Crippen molar-refractivity contribution in [3.8, 4) is 0 Å². The van der Waals surface area contributed by atoms with E-state index in [4.69, 9.17) is 0 Å². The molecule has 0 saturated carbocycles. The molecule has 0 bridgehead atoms. The van der Waals surface area contributed by atoms with Crippen LogP contribution in [0.5, 0.6) is 0 Å². The third-order valence-corrected chi connectivity index (χ3v) is 4.16. The fourth-order valence-electron chi connectivity index (χ4n) is 2.76. The van der Waals surface area contributed by atoms with Crippen LogP contribution in [-0.4, -0.2) is 11.8 Å². The van der Waals surface area contributed by atoms with Gasteiger partial charge in [-0.25, -0.2) is 0 Å². The maximum Gasteiger partial charge on any atom is 0.269 e. The summed E-state index contributed by atoms with van der Waals surface area (Å²) in [6.07, 6.45) is 10.4. The van der Waals surface area contributed by atoms with Gasteiger partial charge in [0.05, 0.1) is 0 Å². The third kappa shape index (κ3) is 4.16. The highest BCUT2D eigenvalue weighted by molar-refractivity contribution is 5.97. The molecule has 0 aliphatic heterocycles. The number of carbonyl (C=O) groups excluding carboxylic acids is 2. The summed E-state index contributed by atoms with van der Waals surface area (Å²) in [7, 11) is 0. The van der Waals surface area contributed by atoms with Gasteiger partial charge in [0.25, 0.3) is 11.8 Å². The van der Waals surface area contributed by atoms with Crippen LogP contribution in [0.1, 0.15) is 59.2 Å². The third-order valence-electron chi connectivity index (χ3n) is 4.16. The van der Waals surface area contributed by atoms with Gasteiger partial charge in [0.15, 0.2) is 0 Å². The minimum absolute atomic E-state index is 0.219. The van der Waals surface area contributed by atoms with Crippen LogP contribution in [0, 0.1) is 0 Å². The van der Waals surface area contributed by atoms with Gasteiger partial charge < -0.3 is 10.9 Å². The van der Waals surface area contributed by atoms with Crippen LogP contribution in [-0.2, 0) is 0 Å². The van der Waals surface area contributed by atoms with Crippen LogP contribution >= 0.6 is 0 Å². The van der Waals surface area contributed by atoms with Crippen molar-refractivity contribution in [3.63, 3.8) is 0 Å². The predicted molar refractivity (Wildman–Crippen MR) is 91.5 cm³/mol. The van der Waals surface area contributed by atoms with Gasteiger partial charge in [0.2, 0.25) is 0 Å². The smallest absolute Gasteiger partial charge is 0.269 e. The molecule has 1 aromatic rings. The standard InChI is InChI=1S/C18H22N4O2/c23-17(21-19-15-5-1-2-6-15)13-9-11-14(12-10-13)18(24)22-20-16-7-3-4-8-16/h5,7,9-12,19-20H,1-4,6,8H2,(H,21,23)(H,22,24). The van der Waals surface area contributed by atoms with Gasteiger partial charge in [-0.15, -0.1) is 0 Å². The zero-order chi connectivity index (χ0) is 16.8. The number of allylic oxidation sites excluding steroid dienone is 4. The lowest BCUT2D eigenvalue weighted by atomic mass is 10.1. The van der Waals surface area contributed by atoms with Crippen molar-refractivity contribution in [3.05, 3.63) is 58.9 Å². The van der Waals surface area contributed by atoms with E-state index in [1.165, 1.54) is 0 Å². The summed E-state index contributed by atoms with van der Waals surface area (Å²) in [4.78, 5) is 24.1. The Hall–Kier alpha value is -2.76. The van der Waals surface area contributed by atoms with Crippen LogP contribution in [0.25, 0.3) is 0 Å². The number of rotatable bonds is 6. The molecule has 2 aliphatic rings. The van der Waals surface area contributed by atoms with E-state index in [0.717, 1.165) is 49.9 Å². The first-order chi connectivity index (χ1) is 11.7. The zero-order valence-corrected chi connectivity index (χ0v) is 13.5. The second-order valence-corrected chi connectivity index (χ2v) is 5.98. The quantitative estimate of drug-likeness (QED) is 0.605. The van der Waals surface area contributed by atoms with E-state index in [9.17, 15) is 9.59 Å². The van der Waals surface area contributed by atoms with Crippen LogP contribution < -0.4 is 21.7 Å². The van der Waals surface area contributed by atoms with Crippen molar-refractivity contribution in [2.45, 2.75) is 38.5 Å². The molecular formula is C18H22N4O2. The van der Waals surface area contributed by atoms with Gasteiger partial charge in [-0.3, -0.25) is 20.4 Å². The molecule has 6 nitrogen and oxygen atoms in total. The molecule has 0 atom stereocenters. The van der Waals surface area contributed by atoms with E-state index in [1.54, 1.807) is 24.3 Å². The molecule has 3 rings (SSSR count). The highest BCUT2D eigenvalue weighted by Gasteiger charge is 2.11. The number of hydrazine groups is 2. The minimum atomic E-state index is -0.219. The second-order valence-electron chi connectivity index (χ2n) is 5.98. The molecular weight excluding hydrogens is 304 g/mol. The SMILES string of the molecule is O=C(NNC1=CCCC1)c1ccc(C(=O)NNC2=CCCC2)cc1. The molecule has 2 aliphatic carbocycles. The summed E-state index contributed by atoms with van der Waals surface area (Å²) < 4.78 is 0. The zero-order valence-electron chi connectivity index (χ0n) is 13.5.